The molecule has 0 N–H and O–H groups in total. The Bertz CT molecular complexity index is 841. The lowest BCUT2D eigenvalue weighted by molar-refractivity contribution is -0.121. The molecule has 2 aromatic carbocycles. The van der Waals surface area contributed by atoms with Gasteiger partial charge in [-0.2, -0.15) is 4.31 Å². The molecule has 4 nitrogen and oxygen atoms in total. The molecular formula is C18H19NO3S. The van der Waals surface area contributed by atoms with Gasteiger partial charge in [-0.1, -0.05) is 42.0 Å². The number of ketones is 1. The Morgan fingerprint density at radius 2 is 1.74 bits per heavy atom. The molecule has 0 fully saturated rings. The monoisotopic (exact) mass is 329 g/mol. The largest absolute Gasteiger partial charge is 0.298 e. The van der Waals surface area contributed by atoms with Crippen LogP contribution in [0.3, 0.4) is 0 Å². The lowest BCUT2D eigenvalue weighted by Gasteiger charge is -2.34. The molecular weight excluding hydrogens is 310 g/mol. The second kappa shape index (κ2) is 5.91. The third kappa shape index (κ3) is 2.82. The molecule has 0 radical (unpaired) electrons. The summed E-state index contributed by atoms with van der Waals surface area (Å²) in [5, 5.41) is 0. The van der Waals surface area contributed by atoms with Gasteiger partial charge >= 0.3 is 0 Å². The van der Waals surface area contributed by atoms with Gasteiger partial charge < -0.3 is 0 Å². The zero-order valence-electron chi connectivity index (χ0n) is 13.2. The van der Waals surface area contributed by atoms with Crippen molar-refractivity contribution in [3.8, 4) is 0 Å². The zero-order valence-corrected chi connectivity index (χ0v) is 14.0. The van der Waals surface area contributed by atoms with Crippen molar-refractivity contribution >= 4 is 15.8 Å². The van der Waals surface area contributed by atoms with Crippen molar-refractivity contribution in [3.63, 3.8) is 0 Å². The number of hydrogen-bond donors (Lipinski definition) is 0. The van der Waals surface area contributed by atoms with Crippen LogP contribution in [0.2, 0.25) is 0 Å². The summed E-state index contributed by atoms with van der Waals surface area (Å²) in [5.74, 6) is -0.159. The fourth-order valence-electron chi connectivity index (χ4n) is 3.07. The number of carbonyl (C=O) groups is 1. The number of fused-ring (bicyclic) bond motifs is 1. The summed E-state index contributed by atoms with van der Waals surface area (Å²) in [6, 6.07) is 13.6. The molecule has 0 amide bonds. The van der Waals surface area contributed by atoms with Gasteiger partial charge in [0.05, 0.1) is 4.90 Å². The number of aryl methyl sites for hydroxylation is 1. The molecule has 0 saturated heterocycles. The van der Waals surface area contributed by atoms with Gasteiger partial charge in [-0.25, -0.2) is 8.42 Å². The fourth-order valence-corrected chi connectivity index (χ4v) is 4.69. The van der Waals surface area contributed by atoms with Crippen LogP contribution in [-0.4, -0.2) is 25.1 Å². The van der Waals surface area contributed by atoms with Gasteiger partial charge in [0.1, 0.15) is 6.04 Å². The van der Waals surface area contributed by atoms with Crippen molar-refractivity contribution in [2.24, 2.45) is 0 Å². The Balaban J connectivity index is 2.08. The zero-order chi connectivity index (χ0) is 16.6. The van der Waals surface area contributed by atoms with Crippen molar-refractivity contribution in [2.75, 3.05) is 6.54 Å². The smallest absolute Gasteiger partial charge is 0.244 e. The standard InChI is InChI=1S/C18H19NO3S/c1-13-7-9-16(10-8-13)23(21,22)19-12-11-15-5-3-4-6-17(15)18(19)14(2)20/h3-10,18H,11-12H2,1-2H3. The predicted octanol–water partition coefficient (Wildman–Crippen LogP) is 2.87. The van der Waals surface area contributed by atoms with E-state index in [0.717, 1.165) is 16.7 Å². The van der Waals surface area contributed by atoms with Crippen LogP contribution in [0.4, 0.5) is 0 Å². The summed E-state index contributed by atoms with van der Waals surface area (Å²) in [6.07, 6.45) is 0.616. The van der Waals surface area contributed by atoms with Gasteiger partial charge in [0.2, 0.25) is 10.0 Å². The van der Waals surface area contributed by atoms with Crippen LogP contribution in [-0.2, 0) is 21.2 Å². The molecule has 1 heterocycles. The van der Waals surface area contributed by atoms with E-state index in [4.69, 9.17) is 0 Å². The normalized spacial score (nSPS) is 18.4. The Morgan fingerprint density at radius 3 is 2.39 bits per heavy atom. The summed E-state index contributed by atoms with van der Waals surface area (Å²) >= 11 is 0. The van der Waals surface area contributed by atoms with E-state index in [9.17, 15) is 13.2 Å². The molecule has 0 aliphatic carbocycles. The van der Waals surface area contributed by atoms with Crippen molar-refractivity contribution in [3.05, 3.63) is 65.2 Å². The minimum absolute atomic E-state index is 0.159. The Labute approximate surface area is 136 Å². The Kier molecular flexibility index (Phi) is 4.08. The van der Waals surface area contributed by atoms with E-state index in [1.54, 1.807) is 24.3 Å². The molecule has 2 aromatic rings. The summed E-state index contributed by atoms with van der Waals surface area (Å²) in [5.41, 5.74) is 2.83. The highest BCUT2D eigenvalue weighted by atomic mass is 32.2. The quantitative estimate of drug-likeness (QED) is 0.870. The predicted molar refractivity (Wildman–Crippen MR) is 88.6 cm³/mol. The first-order valence-corrected chi connectivity index (χ1v) is 9.02. The fraction of sp³-hybridized carbons (Fsp3) is 0.278. The topological polar surface area (TPSA) is 54.5 Å². The van der Waals surface area contributed by atoms with Gasteiger partial charge in [-0.15, -0.1) is 0 Å². The molecule has 120 valence electrons. The summed E-state index contributed by atoms with van der Waals surface area (Å²) in [4.78, 5) is 12.4. The van der Waals surface area contributed by atoms with Crippen LogP contribution in [0.1, 0.15) is 29.7 Å². The van der Waals surface area contributed by atoms with Crippen LogP contribution in [0, 0.1) is 6.92 Å². The Hall–Kier alpha value is -1.98. The van der Waals surface area contributed by atoms with Crippen molar-refractivity contribution < 1.29 is 13.2 Å². The number of hydrogen-bond acceptors (Lipinski definition) is 3. The first-order valence-electron chi connectivity index (χ1n) is 7.58. The van der Waals surface area contributed by atoms with Gasteiger partial charge in [0, 0.05) is 6.54 Å². The maximum absolute atomic E-state index is 13.0. The first-order chi connectivity index (χ1) is 10.9. The third-order valence-corrected chi connectivity index (χ3v) is 6.13. The molecule has 1 unspecified atom stereocenters. The molecule has 3 rings (SSSR count). The molecule has 0 spiro atoms. The summed E-state index contributed by atoms with van der Waals surface area (Å²) in [7, 11) is -3.70. The minimum atomic E-state index is -3.70. The highest BCUT2D eigenvalue weighted by molar-refractivity contribution is 7.89. The molecule has 0 aromatic heterocycles. The number of sulfonamides is 1. The highest BCUT2D eigenvalue weighted by Gasteiger charge is 2.38. The second-order valence-electron chi connectivity index (χ2n) is 5.89. The number of benzene rings is 2. The number of rotatable bonds is 3. The third-order valence-electron chi connectivity index (χ3n) is 4.25. The van der Waals surface area contributed by atoms with Crippen LogP contribution in [0.5, 0.6) is 0 Å². The van der Waals surface area contributed by atoms with E-state index >= 15 is 0 Å². The van der Waals surface area contributed by atoms with E-state index in [2.05, 4.69) is 0 Å². The van der Waals surface area contributed by atoms with E-state index < -0.39 is 16.1 Å². The van der Waals surface area contributed by atoms with Gasteiger partial charge in [-0.3, -0.25) is 4.79 Å². The summed E-state index contributed by atoms with van der Waals surface area (Å²) < 4.78 is 27.3. The molecule has 1 aliphatic rings. The van der Waals surface area contributed by atoms with Gasteiger partial charge in [0.15, 0.2) is 5.78 Å². The maximum atomic E-state index is 13.0. The Morgan fingerprint density at radius 1 is 1.09 bits per heavy atom. The summed E-state index contributed by atoms with van der Waals surface area (Å²) in [6.45, 7) is 3.67. The van der Waals surface area contributed by atoms with E-state index in [0.29, 0.717) is 13.0 Å². The molecule has 1 aliphatic heterocycles. The minimum Gasteiger partial charge on any atom is -0.298 e. The molecule has 0 saturated carbocycles. The van der Waals surface area contributed by atoms with Crippen LogP contribution < -0.4 is 0 Å². The van der Waals surface area contributed by atoms with Crippen LogP contribution >= 0.6 is 0 Å². The average Bonchev–Trinajstić information content (AvgIpc) is 2.54. The van der Waals surface area contributed by atoms with Crippen molar-refractivity contribution in [1.29, 1.82) is 0 Å². The number of nitrogens with zero attached hydrogens (tertiary/aromatic N) is 1. The van der Waals surface area contributed by atoms with E-state index in [-0.39, 0.29) is 10.7 Å². The molecule has 0 bridgehead atoms. The van der Waals surface area contributed by atoms with Crippen molar-refractivity contribution in [2.45, 2.75) is 31.2 Å². The number of carbonyl (C=O) groups excluding carboxylic acids is 1. The van der Waals surface area contributed by atoms with Crippen molar-refractivity contribution in [1.82, 2.24) is 4.31 Å². The van der Waals surface area contributed by atoms with Crippen LogP contribution in [0.25, 0.3) is 0 Å². The lowest BCUT2D eigenvalue weighted by Crippen LogP contribution is -2.42. The SMILES string of the molecule is CC(=O)C1c2ccccc2CCN1S(=O)(=O)c1ccc(C)cc1. The van der Waals surface area contributed by atoms with Gasteiger partial charge in [0.25, 0.3) is 0 Å². The van der Waals surface area contributed by atoms with E-state index in [1.807, 2.05) is 31.2 Å². The second-order valence-corrected chi connectivity index (χ2v) is 7.78. The van der Waals surface area contributed by atoms with E-state index in [1.165, 1.54) is 11.2 Å². The maximum Gasteiger partial charge on any atom is 0.244 e. The molecule has 1 atom stereocenters. The van der Waals surface area contributed by atoms with Gasteiger partial charge in [-0.05, 0) is 43.5 Å². The molecule has 5 heteroatoms. The average molecular weight is 329 g/mol. The first kappa shape index (κ1) is 15.9. The lowest BCUT2D eigenvalue weighted by atomic mass is 9.92. The molecule has 23 heavy (non-hydrogen) atoms. The number of Topliss-reactive ketones (excluding diaryl/α,β-unsaturated/α-hetero) is 1. The highest BCUT2D eigenvalue weighted by Crippen LogP contribution is 2.34. The van der Waals surface area contributed by atoms with Crippen LogP contribution in [0.15, 0.2) is 53.4 Å².